The van der Waals surface area contributed by atoms with Gasteiger partial charge in [0.2, 0.25) is 5.91 Å². The zero-order valence-electron chi connectivity index (χ0n) is 9.66. The summed E-state index contributed by atoms with van der Waals surface area (Å²) in [5, 5.41) is 11.3. The molecule has 0 spiro atoms. The summed E-state index contributed by atoms with van der Waals surface area (Å²) in [6, 6.07) is 5.45. The van der Waals surface area contributed by atoms with Crippen molar-refractivity contribution in [3.05, 3.63) is 28.2 Å². The molecule has 17 heavy (non-hydrogen) atoms. The van der Waals surface area contributed by atoms with E-state index < -0.39 is 11.9 Å². The Labute approximate surface area is 108 Å². The molecule has 0 saturated heterocycles. The van der Waals surface area contributed by atoms with Gasteiger partial charge in [0, 0.05) is 16.1 Å². The molecule has 0 aliphatic rings. The zero-order chi connectivity index (χ0) is 13.0. The molecule has 0 aromatic heterocycles. The number of amides is 1. The molecule has 4 nitrogen and oxygen atoms in total. The van der Waals surface area contributed by atoms with Crippen LogP contribution in [-0.4, -0.2) is 17.0 Å². The highest BCUT2D eigenvalue weighted by Gasteiger charge is 2.16. The van der Waals surface area contributed by atoms with Crippen LogP contribution in [0, 0.1) is 12.8 Å². The molecule has 0 aliphatic heterocycles. The van der Waals surface area contributed by atoms with Gasteiger partial charge >= 0.3 is 5.97 Å². The fourth-order valence-electron chi connectivity index (χ4n) is 1.29. The van der Waals surface area contributed by atoms with Gasteiger partial charge < -0.3 is 10.4 Å². The Bertz CT molecular complexity index is 445. The number of carboxylic acids is 1. The third kappa shape index (κ3) is 4.19. The first kappa shape index (κ1) is 13.7. The summed E-state index contributed by atoms with van der Waals surface area (Å²) in [5.74, 6) is -1.81. The Morgan fingerprint density at radius 2 is 2.12 bits per heavy atom. The number of aryl methyl sites for hydroxylation is 1. The summed E-state index contributed by atoms with van der Waals surface area (Å²) in [4.78, 5) is 22.1. The van der Waals surface area contributed by atoms with Crippen molar-refractivity contribution in [2.75, 3.05) is 5.32 Å². The Kier molecular flexibility index (Phi) is 4.69. The molecule has 0 aliphatic carbocycles. The van der Waals surface area contributed by atoms with E-state index in [1.165, 1.54) is 0 Å². The molecule has 1 aromatic carbocycles. The summed E-state index contributed by atoms with van der Waals surface area (Å²) in [6.07, 6.45) is -0.168. The van der Waals surface area contributed by atoms with Crippen LogP contribution in [0.3, 0.4) is 0 Å². The van der Waals surface area contributed by atoms with Gasteiger partial charge in [0.1, 0.15) is 0 Å². The van der Waals surface area contributed by atoms with Crippen LogP contribution in [0.2, 0.25) is 0 Å². The molecule has 1 rings (SSSR count). The first-order valence-corrected chi connectivity index (χ1v) is 5.98. The van der Waals surface area contributed by atoms with Gasteiger partial charge in [0.15, 0.2) is 0 Å². The molecule has 1 unspecified atom stereocenters. The number of halogens is 1. The van der Waals surface area contributed by atoms with Gasteiger partial charge in [-0.1, -0.05) is 28.9 Å². The first-order valence-electron chi connectivity index (χ1n) is 5.19. The maximum Gasteiger partial charge on any atom is 0.304 e. The Morgan fingerprint density at radius 1 is 1.47 bits per heavy atom. The molecular weight excluding hydrogens is 286 g/mol. The number of aliphatic carboxylic acids is 1. The lowest BCUT2D eigenvalue weighted by atomic mass is 10.1. The number of hydrogen-bond donors (Lipinski definition) is 2. The molecule has 0 bridgehead atoms. The highest BCUT2D eigenvalue weighted by atomic mass is 79.9. The minimum absolute atomic E-state index is 0.168. The van der Waals surface area contributed by atoms with Gasteiger partial charge in [-0.25, -0.2) is 0 Å². The number of hydrogen-bond acceptors (Lipinski definition) is 2. The topological polar surface area (TPSA) is 66.4 Å². The number of benzene rings is 1. The van der Waals surface area contributed by atoms with Crippen molar-refractivity contribution >= 4 is 33.5 Å². The quantitative estimate of drug-likeness (QED) is 0.898. The maximum atomic E-state index is 11.7. The van der Waals surface area contributed by atoms with Gasteiger partial charge in [0.05, 0.1) is 6.42 Å². The lowest BCUT2D eigenvalue weighted by molar-refractivity contribution is -0.139. The molecule has 0 saturated carbocycles. The molecule has 5 heteroatoms. The van der Waals surface area contributed by atoms with Crippen molar-refractivity contribution < 1.29 is 14.7 Å². The van der Waals surface area contributed by atoms with Crippen LogP contribution in [0.1, 0.15) is 18.9 Å². The highest BCUT2D eigenvalue weighted by Crippen LogP contribution is 2.21. The number of carbonyl (C=O) groups is 2. The van der Waals surface area contributed by atoms with Crippen molar-refractivity contribution in [1.82, 2.24) is 0 Å². The van der Waals surface area contributed by atoms with E-state index >= 15 is 0 Å². The van der Waals surface area contributed by atoms with E-state index in [1.54, 1.807) is 19.1 Å². The smallest absolute Gasteiger partial charge is 0.304 e. The van der Waals surface area contributed by atoms with Crippen LogP contribution in [0.5, 0.6) is 0 Å². The second-order valence-electron chi connectivity index (χ2n) is 3.95. The minimum atomic E-state index is -0.974. The molecule has 0 heterocycles. The molecule has 2 N–H and O–H groups in total. The van der Waals surface area contributed by atoms with Crippen LogP contribution in [-0.2, 0) is 9.59 Å². The molecule has 92 valence electrons. The number of carboxylic acid groups (broad SMARTS) is 1. The van der Waals surface area contributed by atoms with Crippen molar-refractivity contribution in [2.45, 2.75) is 20.3 Å². The summed E-state index contributed by atoms with van der Waals surface area (Å²) in [5.41, 5.74) is 1.73. The van der Waals surface area contributed by atoms with Crippen LogP contribution >= 0.6 is 15.9 Å². The molecule has 1 aromatic rings. The number of anilines is 1. The summed E-state index contributed by atoms with van der Waals surface area (Å²) in [6.45, 7) is 3.54. The average Bonchev–Trinajstić information content (AvgIpc) is 2.22. The Morgan fingerprint density at radius 3 is 2.65 bits per heavy atom. The van der Waals surface area contributed by atoms with Gasteiger partial charge in [-0.15, -0.1) is 0 Å². The lowest BCUT2D eigenvalue weighted by Gasteiger charge is -2.11. The second kappa shape index (κ2) is 5.82. The fourth-order valence-corrected chi connectivity index (χ4v) is 1.67. The summed E-state index contributed by atoms with van der Waals surface area (Å²) >= 11 is 3.37. The van der Waals surface area contributed by atoms with Gasteiger partial charge in [-0.05, 0) is 24.6 Å². The molecule has 0 fully saturated rings. The van der Waals surface area contributed by atoms with Crippen molar-refractivity contribution in [3.8, 4) is 0 Å². The van der Waals surface area contributed by atoms with E-state index in [1.807, 2.05) is 13.0 Å². The van der Waals surface area contributed by atoms with E-state index in [0.717, 1.165) is 10.0 Å². The second-order valence-corrected chi connectivity index (χ2v) is 4.81. The maximum absolute atomic E-state index is 11.7. The highest BCUT2D eigenvalue weighted by molar-refractivity contribution is 9.10. The first-order chi connectivity index (χ1) is 7.90. The number of nitrogens with one attached hydrogen (secondary N) is 1. The minimum Gasteiger partial charge on any atom is -0.481 e. The van der Waals surface area contributed by atoms with Crippen molar-refractivity contribution in [1.29, 1.82) is 0 Å². The van der Waals surface area contributed by atoms with Crippen LogP contribution in [0.25, 0.3) is 0 Å². The Balaban J connectivity index is 2.67. The van der Waals surface area contributed by atoms with Gasteiger partial charge in [-0.2, -0.15) is 0 Å². The van der Waals surface area contributed by atoms with Crippen LogP contribution in [0.15, 0.2) is 22.7 Å². The summed E-state index contributed by atoms with van der Waals surface area (Å²) < 4.78 is 0.904. The van der Waals surface area contributed by atoms with E-state index in [4.69, 9.17) is 5.11 Å². The number of carbonyl (C=O) groups excluding carboxylic acids is 1. The van der Waals surface area contributed by atoms with Gasteiger partial charge in [0.25, 0.3) is 0 Å². The molecule has 0 radical (unpaired) electrons. The third-order valence-electron chi connectivity index (χ3n) is 2.37. The molecular formula is C12H14BrNO3. The van der Waals surface area contributed by atoms with E-state index in [9.17, 15) is 9.59 Å². The van der Waals surface area contributed by atoms with Crippen LogP contribution < -0.4 is 5.32 Å². The SMILES string of the molecule is Cc1ccc(NC(=O)C(C)CC(=O)O)cc1Br. The number of rotatable bonds is 4. The zero-order valence-corrected chi connectivity index (χ0v) is 11.2. The lowest BCUT2D eigenvalue weighted by Crippen LogP contribution is -2.22. The predicted octanol–water partition coefficient (Wildman–Crippen LogP) is 2.81. The monoisotopic (exact) mass is 299 g/mol. The van der Waals surface area contributed by atoms with Gasteiger partial charge in [-0.3, -0.25) is 9.59 Å². The predicted molar refractivity (Wildman–Crippen MR) is 68.9 cm³/mol. The van der Waals surface area contributed by atoms with Crippen LogP contribution in [0.4, 0.5) is 5.69 Å². The van der Waals surface area contributed by atoms with E-state index in [2.05, 4.69) is 21.2 Å². The Hall–Kier alpha value is -1.36. The summed E-state index contributed by atoms with van der Waals surface area (Å²) in [7, 11) is 0. The third-order valence-corrected chi connectivity index (χ3v) is 3.22. The fraction of sp³-hybridized carbons (Fsp3) is 0.333. The van der Waals surface area contributed by atoms with E-state index in [0.29, 0.717) is 5.69 Å². The van der Waals surface area contributed by atoms with Crippen molar-refractivity contribution in [2.24, 2.45) is 5.92 Å². The average molecular weight is 300 g/mol. The normalized spacial score (nSPS) is 11.9. The van der Waals surface area contributed by atoms with Crippen molar-refractivity contribution in [3.63, 3.8) is 0 Å². The van der Waals surface area contributed by atoms with E-state index in [-0.39, 0.29) is 12.3 Å². The largest absolute Gasteiger partial charge is 0.481 e. The standard InChI is InChI=1S/C12H14BrNO3/c1-7-3-4-9(6-10(7)13)14-12(17)8(2)5-11(15)16/h3-4,6,8H,5H2,1-2H3,(H,14,17)(H,15,16). The molecule has 1 amide bonds. The molecule has 1 atom stereocenters.